The quantitative estimate of drug-likeness (QED) is 0.452. The fourth-order valence-electron chi connectivity index (χ4n) is 0.434. The Balaban J connectivity index is 2.00. The van der Waals surface area contributed by atoms with E-state index in [1.54, 1.807) is 0 Å². The Morgan fingerprint density at radius 1 is 1.67 bits per heavy atom. The zero-order valence-electron chi connectivity index (χ0n) is 3.61. The molecule has 0 aliphatic carbocycles. The predicted molar refractivity (Wildman–Crippen MR) is 22.9 cm³/mol. The molecule has 0 unspecified atom stereocenters. The molecule has 35 valence electrons. The van der Waals surface area contributed by atoms with Crippen LogP contribution < -0.4 is 5.32 Å². The Bertz CT molecular complexity index is 23.0. The molecule has 6 heavy (non-hydrogen) atoms. The number of rotatable bonds is 0. The molecule has 1 saturated heterocycles. The van der Waals surface area contributed by atoms with Crippen molar-refractivity contribution in [2.24, 2.45) is 0 Å². The van der Waals surface area contributed by atoms with Crippen LogP contribution in [-0.4, -0.2) is 13.3 Å². The largest absolute Gasteiger partial charge is 0.366 e. The predicted octanol–water partition coefficient (Wildman–Crippen LogP) is 0.116. The molecule has 1 heterocycles. The molecule has 2 nitrogen and oxygen atoms in total. The van der Waals surface area contributed by atoms with E-state index in [2.05, 4.69) is 5.32 Å². The van der Waals surface area contributed by atoms with Gasteiger partial charge in [-0.25, -0.2) is 0 Å². The molecule has 0 saturated carbocycles. The van der Waals surface area contributed by atoms with Crippen LogP contribution in [0.4, 0.5) is 0 Å². The summed E-state index contributed by atoms with van der Waals surface area (Å²) in [6, 6.07) is 0. The van der Waals surface area contributed by atoms with Crippen LogP contribution in [0.25, 0.3) is 0 Å². The molecule has 0 aromatic carbocycles. The Labute approximate surface area is 37.5 Å². The van der Waals surface area contributed by atoms with Gasteiger partial charge < -0.3 is 4.74 Å². The van der Waals surface area contributed by atoms with Gasteiger partial charge in [-0.1, -0.05) is 0 Å². The van der Waals surface area contributed by atoms with Crippen LogP contribution in [0.15, 0.2) is 0 Å². The minimum atomic E-state index is 0.694. The van der Waals surface area contributed by atoms with Gasteiger partial charge in [0, 0.05) is 13.2 Å². The Kier molecular flexibility index (Phi) is 1.47. The molecule has 1 fully saturated rings. The van der Waals surface area contributed by atoms with E-state index in [9.17, 15) is 0 Å². The number of hydrogen-bond donors (Lipinski definition) is 1. The fourth-order valence-corrected chi connectivity index (χ4v) is 0.434. The molecule has 0 aromatic rings. The van der Waals surface area contributed by atoms with Crippen molar-refractivity contribution in [2.75, 3.05) is 13.3 Å². The molecule has 1 radical (unpaired) electrons. The zero-order valence-corrected chi connectivity index (χ0v) is 3.61. The summed E-state index contributed by atoms with van der Waals surface area (Å²) in [5, 5.41) is 2.94. The highest BCUT2D eigenvalue weighted by Crippen LogP contribution is 1.88. The Morgan fingerprint density at radius 3 is 2.83 bits per heavy atom. The van der Waals surface area contributed by atoms with Crippen molar-refractivity contribution in [2.45, 2.75) is 6.42 Å². The maximum absolute atomic E-state index is 4.93. The smallest absolute Gasteiger partial charge is 0.0967 e. The van der Waals surface area contributed by atoms with Crippen molar-refractivity contribution in [1.82, 2.24) is 5.32 Å². The second kappa shape index (κ2) is 2.16. The molecule has 1 rings (SSSR count). The van der Waals surface area contributed by atoms with Gasteiger partial charge in [-0.15, -0.1) is 0 Å². The molecule has 0 spiro atoms. The first-order valence-corrected chi connectivity index (χ1v) is 2.13. The van der Waals surface area contributed by atoms with E-state index >= 15 is 0 Å². The summed E-state index contributed by atoms with van der Waals surface area (Å²) >= 11 is 0. The molecule has 1 N–H and O–H groups in total. The van der Waals surface area contributed by atoms with Gasteiger partial charge in [0.2, 0.25) is 0 Å². The third kappa shape index (κ3) is 0.954. The first kappa shape index (κ1) is 4.09. The van der Waals surface area contributed by atoms with Gasteiger partial charge in [0.05, 0.1) is 6.73 Å². The Hall–Kier alpha value is -0.0800. The highest BCUT2D eigenvalue weighted by molar-refractivity contribution is 4.61. The first-order chi connectivity index (χ1) is 3.00. The average Bonchev–Trinajstić information content (AvgIpc) is 1.72. The summed E-state index contributed by atoms with van der Waals surface area (Å²) in [6.07, 6.45) is 1.04. The third-order valence-electron chi connectivity index (χ3n) is 0.736. The Morgan fingerprint density at radius 2 is 2.67 bits per heavy atom. The standard InChI is InChI=1S/C4H8NO/c1-2-5-4-6-3-1/h2,5H,1,3-4H2. The summed E-state index contributed by atoms with van der Waals surface area (Å²) in [4.78, 5) is 0. The van der Waals surface area contributed by atoms with Gasteiger partial charge in [0.25, 0.3) is 0 Å². The average molecular weight is 86.1 g/mol. The molecule has 0 amide bonds. The lowest BCUT2D eigenvalue weighted by molar-refractivity contribution is 0.0986. The van der Waals surface area contributed by atoms with E-state index in [0.29, 0.717) is 6.73 Å². The van der Waals surface area contributed by atoms with E-state index < -0.39 is 0 Å². The van der Waals surface area contributed by atoms with Crippen LogP contribution in [0.5, 0.6) is 0 Å². The number of ether oxygens (including phenoxy) is 1. The van der Waals surface area contributed by atoms with E-state index in [1.165, 1.54) is 0 Å². The van der Waals surface area contributed by atoms with Gasteiger partial charge in [-0.3, -0.25) is 5.32 Å². The molecule has 0 atom stereocenters. The number of hydrogen-bond acceptors (Lipinski definition) is 2. The summed E-state index contributed by atoms with van der Waals surface area (Å²) in [7, 11) is 0. The van der Waals surface area contributed by atoms with Crippen molar-refractivity contribution < 1.29 is 4.74 Å². The minimum Gasteiger partial charge on any atom is -0.366 e. The second-order valence-corrected chi connectivity index (χ2v) is 1.25. The van der Waals surface area contributed by atoms with Crippen molar-refractivity contribution in [3.05, 3.63) is 6.54 Å². The second-order valence-electron chi connectivity index (χ2n) is 1.25. The van der Waals surface area contributed by atoms with Crippen LogP contribution in [0, 0.1) is 6.54 Å². The van der Waals surface area contributed by atoms with Gasteiger partial charge in [-0.05, 0) is 6.42 Å². The molecular weight excluding hydrogens is 78.1 g/mol. The van der Waals surface area contributed by atoms with Gasteiger partial charge in [0.1, 0.15) is 0 Å². The minimum absolute atomic E-state index is 0.694. The van der Waals surface area contributed by atoms with E-state index in [0.717, 1.165) is 13.0 Å². The van der Waals surface area contributed by atoms with Gasteiger partial charge >= 0.3 is 0 Å². The maximum atomic E-state index is 4.93. The highest BCUT2D eigenvalue weighted by Gasteiger charge is 1.93. The number of nitrogens with one attached hydrogen (secondary N) is 1. The van der Waals surface area contributed by atoms with Crippen LogP contribution in [0.2, 0.25) is 0 Å². The SMILES string of the molecule is [CH]1CCOCN1. The molecule has 0 aromatic heterocycles. The normalized spacial score (nSPS) is 24.0. The first-order valence-electron chi connectivity index (χ1n) is 2.13. The summed E-state index contributed by atoms with van der Waals surface area (Å²) in [5.41, 5.74) is 0. The molecule has 1 aliphatic heterocycles. The lowest BCUT2D eigenvalue weighted by Crippen LogP contribution is -2.21. The summed E-state index contributed by atoms with van der Waals surface area (Å²) < 4.78 is 4.93. The monoisotopic (exact) mass is 86.1 g/mol. The topological polar surface area (TPSA) is 21.3 Å². The van der Waals surface area contributed by atoms with Crippen LogP contribution in [-0.2, 0) is 4.74 Å². The maximum Gasteiger partial charge on any atom is 0.0967 e. The van der Waals surface area contributed by atoms with Crippen molar-refractivity contribution in [3.8, 4) is 0 Å². The summed E-state index contributed by atoms with van der Waals surface area (Å²) in [5.74, 6) is 0. The van der Waals surface area contributed by atoms with Crippen molar-refractivity contribution >= 4 is 0 Å². The van der Waals surface area contributed by atoms with Crippen molar-refractivity contribution in [3.63, 3.8) is 0 Å². The molecular formula is C4H8NO. The fraction of sp³-hybridized carbons (Fsp3) is 0.750. The van der Waals surface area contributed by atoms with E-state index in [4.69, 9.17) is 4.74 Å². The lowest BCUT2D eigenvalue weighted by atomic mass is 10.4. The van der Waals surface area contributed by atoms with Crippen LogP contribution in [0.3, 0.4) is 0 Å². The van der Waals surface area contributed by atoms with Crippen LogP contribution >= 0.6 is 0 Å². The molecule has 1 aliphatic rings. The van der Waals surface area contributed by atoms with Gasteiger partial charge in [-0.2, -0.15) is 0 Å². The molecule has 2 heteroatoms. The highest BCUT2D eigenvalue weighted by atomic mass is 16.5. The van der Waals surface area contributed by atoms with Crippen molar-refractivity contribution in [1.29, 1.82) is 0 Å². The zero-order chi connectivity index (χ0) is 4.24. The third-order valence-corrected chi connectivity index (χ3v) is 0.736. The summed E-state index contributed by atoms with van der Waals surface area (Å²) in [6.45, 7) is 3.59. The van der Waals surface area contributed by atoms with Crippen LogP contribution in [0.1, 0.15) is 6.42 Å². The van der Waals surface area contributed by atoms with Gasteiger partial charge in [0.15, 0.2) is 0 Å². The lowest BCUT2D eigenvalue weighted by Gasteiger charge is -2.09. The van der Waals surface area contributed by atoms with E-state index in [1.807, 2.05) is 6.54 Å². The molecule has 0 bridgehead atoms. The van der Waals surface area contributed by atoms with E-state index in [-0.39, 0.29) is 0 Å².